The summed E-state index contributed by atoms with van der Waals surface area (Å²) in [7, 11) is 0. The van der Waals surface area contributed by atoms with Crippen LogP contribution in [-0.4, -0.2) is 11.5 Å². The molecule has 2 nitrogen and oxygen atoms in total. The lowest BCUT2D eigenvalue weighted by molar-refractivity contribution is 0.620. The molecule has 1 aliphatic heterocycles. The average Bonchev–Trinajstić information content (AvgIpc) is 2.70. The minimum absolute atomic E-state index is 0.510. The fourth-order valence-electron chi connectivity index (χ4n) is 1.98. The first-order valence-corrected chi connectivity index (χ1v) is 5.09. The predicted molar refractivity (Wildman–Crippen MR) is 53.6 cm³/mol. The summed E-state index contributed by atoms with van der Waals surface area (Å²) in [5.41, 5.74) is 2.66. The molecule has 0 bridgehead atoms. The first kappa shape index (κ1) is 8.70. The van der Waals surface area contributed by atoms with Gasteiger partial charge in [-0.3, -0.25) is 4.98 Å². The van der Waals surface area contributed by atoms with E-state index >= 15 is 0 Å². The van der Waals surface area contributed by atoms with Gasteiger partial charge in [-0.2, -0.15) is 0 Å². The van der Waals surface area contributed by atoms with Gasteiger partial charge in [-0.05, 0) is 37.4 Å². The maximum absolute atomic E-state index is 4.47. The summed E-state index contributed by atoms with van der Waals surface area (Å²) >= 11 is 0. The normalized spacial score (nSPS) is 22.1. The van der Waals surface area contributed by atoms with E-state index in [1.807, 2.05) is 12.3 Å². The van der Waals surface area contributed by atoms with Crippen LogP contribution in [0.4, 0.5) is 0 Å². The van der Waals surface area contributed by atoms with Gasteiger partial charge in [0.2, 0.25) is 0 Å². The third-order valence-corrected chi connectivity index (χ3v) is 2.70. The van der Waals surface area contributed by atoms with Crippen LogP contribution < -0.4 is 5.32 Å². The minimum Gasteiger partial charge on any atom is -0.309 e. The molecule has 70 valence electrons. The van der Waals surface area contributed by atoms with E-state index in [1.165, 1.54) is 24.1 Å². The van der Waals surface area contributed by atoms with Crippen LogP contribution in [0.1, 0.15) is 37.1 Å². The monoisotopic (exact) mass is 176 g/mol. The summed E-state index contributed by atoms with van der Waals surface area (Å²) in [5, 5.41) is 3.49. The number of aryl methyl sites for hydroxylation is 1. The fraction of sp³-hybridized carbons (Fsp3) is 0.545. The predicted octanol–water partition coefficient (Wildman–Crippen LogP) is 2.07. The number of hydrogen-bond acceptors (Lipinski definition) is 2. The number of rotatable bonds is 2. The number of nitrogens with one attached hydrogen (secondary N) is 1. The Hall–Kier alpha value is -0.890. The fourth-order valence-corrected chi connectivity index (χ4v) is 1.98. The molecule has 1 fully saturated rings. The van der Waals surface area contributed by atoms with Crippen LogP contribution in [0, 0.1) is 0 Å². The molecule has 0 amide bonds. The van der Waals surface area contributed by atoms with E-state index in [-0.39, 0.29) is 0 Å². The SMILES string of the molecule is CCc1cccnc1[C@@H]1CCCN1. The third-order valence-electron chi connectivity index (χ3n) is 2.70. The molecule has 1 saturated heterocycles. The average molecular weight is 176 g/mol. The Morgan fingerprint density at radius 3 is 3.23 bits per heavy atom. The molecular weight excluding hydrogens is 160 g/mol. The van der Waals surface area contributed by atoms with Gasteiger partial charge in [-0.1, -0.05) is 13.0 Å². The lowest BCUT2D eigenvalue weighted by atomic mass is 10.0. The molecule has 1 atom stereocenters. The maximum atomic E-state index is 4.47. The van der Waals surface area contributed by atoms with Crippen molar-refractivity contribution < 1.29 is 0 Å². The van der Waals surface area contributed by atoms with Crippen molar-refractivity contribution in [2.45, 2.75) is 32.2 Å². The summed E-state index contributed by atoms with van der Waals surface area (Å²) in [5.74, 6) is 0. The Labute approximate surface area is 79.4 Å². The minimum atomic E-state index is 0.510. The lowest BCUT2D eigenvalue weighted by Crippen LogP contribution is -2.15. The van der Waals surface area contributed by atoms with E-state index in [4.69, 9.17) is 0 Å². The van der Waals surface area contributed by atoms with Gasteiger partial charge in [0.15, 0.2) is 0 Å². The molecular formula is C11H16N2. The summed E-state index contributed by atoms with van der Waals surface area (Å²) in [6.07, 6.45) is 5.50. The van der Waals surface area contributed by atoms with Crippen LogP contribution in [0.25, 0.3) is 0 Å². The van der Waals surface area contributed by atoms with Crippen molar-refractivity contribution in [3.8, 4) is 0 Å². The molecule has 1 aromatic heterocycles. The Morgan fingerprint density at radius 1 is 1.62 bits per heavy atom. The van der Waals surface area contributed by atoms with Crippen molar-refractivity contribution in [2.24, 2.45) is 0 Å². The van der Waals surface area contributed by atoms with E-state index in [1.54, 1.807) is 0 Å². The van der Waals surface area contributed by atoms with Gasteiger partial charge in [0.25, 0.3) is 0 Å². The van der Waals surface area contributed by atoms with E-state index in [2.05, 4.69) is 23.3 Å². The van der Waals surface area contributed by atoms with E-state index < -0.39 is 0 Å². The van der Waals surface area contributed by atoms with Gasteiger partial charge in [-0.15, -0.1) is 0 Å². The maximum Gasteiger partial charge on any atom is 0.0604 e. The van der Waals surface area contributed by atoms with Crippen LogP contribution in [0.3, 0.4) is 0 Å². The Morgan fingerprint density at radius 2 is 2.54 bits per heavy atom. The van der Waals surface area contributed by atoms with Gasteiger partial charge >= 0.3 is 0 Å². The van der Waals surface area contributed by atoms with Gasteiger partial charge in [-0.25, -0.2) is 0 Å². The molecule has 0 aliphatic carbocycles. The molecule has 0 aromatic carbocycles. The zero-order chi connectivity index (χ0) is 9.10. The largest absolute Gasteiger partial charge is 0.309 e. The van der Waals surface area contributed by atoms with Gasteiger partial charge in [0.1, 0.15) is 0 Å². The van der Waals surface area contributed by atoms with Crippen molar-refractivity contribution in [3.63, 3.8) is 0 Å². The van der Waals surface area contributed by atoms with E-state index in [0.717, 1.165) is 13.0 Å². The first-order valence-electron chi connectivity index (χ1n) is 5.09. The van der Waals surface area contributed by atoms with Gasteiger partial charge in [0, 0.05) is 12.2 Å². The van der Waals surface area contributed by atoms with Crippen LogP contribution in [-0.2, 0) is 6.42 Å². The van der Waals surface area contributed by atoms with E-state index in [9.17, 15) is 0 Å². The quantitative estimate of drug-likeness (QED) is 0.746. The highest BCUT2D eigenvalue weighted by atomic mass is 15.0. The number of nitrogens with zero attached hydrogens (tertiary/aromatic N) is 1. The molecule has 2 heterocycles. The summed E-state index contributed by atoms with van der Waals surface area (Å²) in [6, 6.07) is 4.72. The molecule has 0 spiro atoms. The molecule has 1 N–H and O–H groups in total. The summed E-state index contributed by atoms with van der Waals surface area (Å²) in [4.78, 5) is 4.47. The highest BCUT2D eigenvalue weighted by Crippen LogP contribution is 2.23. The number of pyridine rings is 1. The van der Waals surface area contributed by atoms with Crippen molar-refractivity contribution in [3.05, 3.63) is 29.6 Å². The highest BCUT2D eigenvalue weighted by Gasteiger charge is 2.19. The molecule has 0 radical (unpaired) electrons. The third kappa shape index (κ3) is 1.73. The van der Waals surface area contributed by atoms with Gasteiger partial charge < -0.3 is 5.32 Å². The van der Waals surface area contributed by atoms with E-state index in [0.29, 0.717) is 6.04 Å². The highest BCUT2D eigenvalue weighted by molar-refractivity contribution is 5.23. The molecule has 2 rings (SSSR count). The van der Waals surface area contributed by atoms with Crippen molar-refractivity contribution in [1.29, 1.82) is 0 Å². The molecule has 0 unspecified atom stereocenters. The Bertz CT molecular complexity index is 277. The second-order valence-corrected chi connectivity index (χ2v) is 3.55. The zero-order valence-corrected chi connectivity index (χ0v) is 8.09. The summed E-state index contributed by atoms with van der Waals surface area (Å²) < 4.78 is 0. The van der Waals surface area contributed by atoms with Crippen LogP contribution >= 0.6 is 0 Å². The molecule has 13 heavy (non-hydrogen) atoms. The zero-order valence-electron chi connectivity index (χ0n) is 8.09. The Balaban J connectivity index is 2.26. The second-order valence-electron chi connectivity index (χ2n) is 3.55. The van der Waals surface area contributed by atoms with Crippen molar-refractivity contribution in [2.75, 3.05) is 6.54 Å². The molecule has 1 aromatic rings. The summed E-state index contributed by atoms with van der Waals surface area (Å²) in [6.45, 7) is 3.33. The molecule has 1 aliphatic rings. The van der Waals surface area contributed by atoms with Crippen molar-refractivity contribution >= 4 is 0 Å². The van der Waals surface area contributed by atoms with Gasteiger partial charge in [0.05, 0.1) is 5.69 Å². The van der Waals surface area contributed by atoms with Crippen LogP contribution in [0.2, 0.25) is 0 Å². The Kier molecular flexibility index (Phi) is 2.60. The van der Waals surface area contributed by atoms with Crippen molar-refractivity contribution in [1.82, 2.24) is 10.3 Å². The number of aromatic nitrogens is 1. The standard InChI is InChI=1S/C11H16N2/c1-2-9-5-3-8-13-11(9)10-6-4-7-12-10/h3,5,8,10,12H,2,4,6-7H2,1H3/t10-/m0/s1. The number of hydrogen-bond donors (Lipinski definition) is 1. The smallest absolute Gasteiger partial charge is 0.0604 e. The second kappa shape index (κ2) is 3.88. The first-order chi connectivity index (χ1) is 6.42. The topological polar surface area (TPSA) is 24.9 Å². The molecule has 2 heteroatoms. The van der Waals surface area contributed by atoms with Crippen LogP contribution in [0.15, 0.2) is 18.3 Å². The molecule has 0 saturated carbocycles. The van der Waals surface area contributed by atoms with Crippen LogP contribution in [0.5, 0.6) is 0 Å². The lowest BCUT2D eigenvalue weighted by Gasteiger charge is -2.12.